The van der Waals surface area contributed by atoms with Gasteiger partial charge in [-0.25, -0.2) is 4.99 Å². The predicted octanol–water partition coefficient (Wildman–Crippen LogP) is 8.24. The number of para-hydroxylation sites is 1. The molecule has 7 heteroatoms. The van der Waals surface area contributed by atoms with E-state index in [1.54, 1.807) is 11.2 Å². The van der Waals surface area contributed by atoms with Gasteiger partial charge in [-0.15, -0.1) is 0 Å². The second-order valence-corrected chi connectivity index (χ2v) is 11.7. The Labute approximate surface area is 228 Å². The molecule has 0 aliphatic carbocycles. The number of aliphatic imine (C=N–C) groups is 1. The van der Waals surface area contributed by atoms with E-state index >= 15 is 0 Å². The van der Waals surface area contributed by atoms with Gasteiger partial charge in [0, 0.05) is 22.8 Å². The third kappa shape index (κ3) is 5.23. The summed E-state index contributed by atoms with van der Waals surface area (Å²) in [4.78, 5) is 23.1. The topological polar surface area (TPSA) is 49.0 Å². The minimum Gasteiger partial charge on any atom is -0.467 e. The van der Waals surface area contributed by atoms with Crippen LogP contribution < -0.4 is 4.90 Å². The van der Waals surface area contributed by atoms with Gasteiger partial charge in [-0.2, -0.15) is 0 Å². The molecule has 1 amide bonds. The number of halogens is 1. The number of hydrogen-bond donors (Lipinski definition) is 0. The van der Waals surface area contributed by atoms with Crippen molar-refractivity contribution in [2.75, 3.05) is 11.4 Å². The van der Waals surface area contributed by atoms with E-state index in [1.807, 2.05) is 48.5 Å². The molecule has 2 aliphatic heterocycles. The maximum atomic E-state index is 13.6. The van der Waals surface area contributed by atoms with E-state index in [1.165, 1.54) is 23.0 Å². The highest BCUT2D eigenvalue weighted by Gasteiger charge is 2.37. The van der Waals surface area contributed by atoms with Crippen LogP contribution in [0.25, 0.3) is 6.08 Å². The summed E-state index contributed by atoms with van der Waals surface area (Å²) < 4.78 is 5.53. The van der Waals surface area contributed by atoms with Crippen molar-refractivity contribution in [2.45, 2.75) is 58.5 Å². The van der Waals surface area contributed by atoms with Gasteiger partial charge >= 0.3 is 0 Å². The number of carbonyl (C=O) groups is 1. The number of amidine groups is 1. The maximum Gasteiger partial charge on any atom is 0.267 e. The number of anilines is 1. The minimum absolute atomic E-state index is 0.0676. The van der Waals surface area contributed by atoms with E-state index in [-0.39, 0.29) is 11.4 Å². The lowest BCUT2D eigenvalue weighted by Crippen LogP contribution is -2.48. The molecule has 1 saturated heterocycles. The van der Waals surface area contributed by atoms with Crippen LogP contribution in [0.1, 0.15) is 63.3 Å². The Bertz CT molecular complexity index is 1350. The molecule has 0 spiro atoms. The highest BCUT2D eigenvalue weighted by molar-refractivity contribution is 8.18. The fourth-order valence-corrected chi connectivity index (χ4v) is 6.52. The second kappa shape index (κ2) is 10.4. The summed E-state index contributed by atoms with van der Waals surface area (Å²) in [5.74, 6) is 0.993. The number of amides is 1. The van der Waals surface area contributed by atoms with Crippen LogP contribution in [0.4, 0.5) is 11.4 Å². The molecule has 2 aliphatic rings. The van der Waals surface area contributed by atoms with E-state index in [9.17, 15) is 4.79 Å². The maximum absolute atomic E-state index is 13.6. The highest BCUT2D eigenvalue weighted by Crippen LogP contribution is 2.46. The number of hydrogen-bond acceptors (Lipinski definition) is 5. The third-order valence-electron chi connectivity index (χ3n) is 7.00. The first-order chi connectivity index (χ1) is 17.8. The van der Waals surface area contributed by atoms with Gasteiger partial charge in [0.2, 0.25) is 0 Å². The van der Waals surface area contributed by atoms with Gasteiger partial charge in [-0.1, -0.05) is 43.6 Å². The predicted molar refractivity (Wildman–Crippen MR) is 155 cm³/mol. The number of carbonyl (C=O) groups excluding carboxylic acids is 1. The largest absolute Gasteiger partial charge is 0.467 e. The SMILES string of the molecule is CCCN1c2cc(Cl)c(/C=C3/SC(=Nc4ccccc4)N(Cc4ccco4)C3=O)cc2C(C)CC1(C)C. The van der Waals surface area contributed by atoms with Gasteiger partial charge in [0.05, 0.1) is 23.4 Å². The first kappa shape index (κ1) is 25.7. The van der Waals surface area contributed by atoms with Gasteiger partial charge in [0.1, 0.15) is 5.76 Å². The molecule has 5 nitrogen and oxygen atoms in total. The van der Waals surface area contributed by atoms with Crippen LogP contribution in [0.3, 0.4) is 0 Å². The number of rotatable bonds is 6. The second-order valence-electron chi connectivity index (χ2n) is 10.3. The van der Waals surface area contributed by atoms with Crippen molar-refractivity contribution in [3.8, 4) is 0 Å². The quantitative estimate of drug-likeness (QED) is 0.299. The van der Waals surface area contributed by atoms with Gasteiger partial charge < -0.3 is 9.32 Å². The van der Waals surface area contributed by atoms with Crippen LogP contribution in [0.5, 0.6) is 0 Å². The Morgan fingerprint density at radius 1 is 1.19 bits per heavy atom. The molecule has 1 unspecified atom stereocenters. The molecule has 192 valence electrons. The summed E-state index contributed by atoms with van der Waals surface area (Å²) >= 11 is 8.23. The van der Waals surface area contributed by atoms with Crippen molar-refractivity contribution >= 4 is 51.9 Å². The molecule has 0 saturated carbocycles. The standard InChI is InChI=1S/C30H32ClN3O2S/c1-5-13-34-26-17-25(31)21(15-24(26)20(2)18-30(34,3)4)16-27-28(35)33(19-23-12-9-14-36-23)29(37-27)32-22-10-7-6-8-11-22/h6-12,14-17,20H,5,13,18-19H2,1-4H3/b27-16+,32-29?. The molecular weight excluding hydrogens is 502 g/mol. The minimum atomic E-state index is -0.105. The number of benzene rings is 2. The van der Waals surface area contributed by atoms with E-state index in [0.717, 1.165) is 30.6 Å². The average molecular weight is 534 g/mol. The molecule has 2 aromatic carbocycles. The molecule has 1 atom stereocenters. The van der Waals surface area contributed by atoms with Gasteiger partial charge in [0.15, 0.2) is 5.17 Å². The van der Waals surface area contributed by atoms with Gasteiger partial charge in [-0.05, 0) is 98.0 Å². The van der Waals surface area contributed by atoms with Crippen molar-refractivity contribution < 1.29 is 9.21 Å². The Hall–Kier alpha value is -2.96. The van der Waals surface area contributed by atoms with Gasteiger partial charge in [-0.3, -0.25) is 9.69 Å². The van der Waals surface area contributed by atoms with Crippen LogP contribution in [-0.4, -0.2) is 28.1 Å². The molecule has 0 N–H and O–H groups in total. The lowest BCUT2D eigenvalue weighted by molar-refractivity contribution is -0.122. The Kier molecular flexibility index (Phi) is 7.24. The summed E-state index contributed by atoms with van der Waals surface area (Å²) in [6.45, 7) is 10.4. The molecule has 3 aromatic rings. The van der Waals surface area contributed by atoms with Crippen LogP contribution >= 0.6 is 23.4 Å². The Morgan fingerprint density at radius 3 is 2.68 bits per heavy atom. The molecule has 0 radical (unpaired) electrons. The zero-order chi connectivity index (χ0) is 26.2. The third-order valence-corrected chi connectivity index (χ3v) is 8.33. The van der Waals surface area contributed by atoms with Gasteiger partial charge in [0.25, 0.3) is 5.91 Å². The van der Waals surface area contributed by atoms with Crippen LogP contribution in [-0.2, 0) is 11.3 Å². The summed E-state index contributed by atoms with van der Waals surface area (Å²) in [5.41, 5.74) is 4.21. The Balaban J connectivity index is 1.53. The molecule has 1 fully saturated rings. The average Bonchev–Trinajstić information content (AvgIpc) is 3.47. The van der Waals surface area contributed by atoms with Crippen LogP contribution in [0, 0.1) is 0 Å². The van der Waals surface area contributed by atoms with E-state index in [0.29, 0.717) is 33.3 Å². The summed E-state index contributed by atoms with van der Waals surface area (Å²) in [5, 5.41) is 1.27. The fraction of sp³-hybridized carbons (Fsp3) is 0.333. The Morgan fingerprint density at radius 2 is 1.97 bits per heavy atom. The summed E-state index contributed by atoms with van der Waals surface area (Å²) in [6.07, 6.45) is 5.66. The molecule has 0 bridgehead atoms. The van der Waals surface area contributed by atoms with Crippen molar-refractivity contribution in [1.82, 2.24) is 4.90 Å². The highest BCUT2D eigenvalue weighted by atomic mass is 35.5. The summed E-state index contributed by atoms with van der Waals surface area (Å²) in [7, 11) is 0. The number of thioether (sulfide) groups is 1. The molecule has 5 rings (SSSR count). The monoisotopic (exact) mass is 533 g/mol. The molecule has 1 aromatic heterocycles. The first-order valence-electron chi connectivity index (χ1n) is 12.8. The number of nitrogens with zero attached hydrogens (tertiary/aromatic N) is 3. The molecular formula is C30H32ClN3O2S. The zero-order valence-electron chi connectivity index (χ0n) is 21.7. The first-order valence-corrected chi connectivity index (χ1v) is 13.9. The smallest absolute Gasteiger partial charge is 0.267 e. The normalized spacial score (nSPS) is 21.2. The zero-order valence-corrected chi connectivity index (χ0v) is 23.3. The van der Waals surface area contributed by atoms with E-state index in [2.05, 4.69) is 44.7 Å². The van der Waals surface area contributed by atoms with Crippen LogP contribution in [0.2, 0.25) is 5.02 Å². The van der Waals surface area contributed by atoms with Crippen molar-refractivity contribution in [3.63, 3.8) is 0 Å². The number of fused-ring (bicyclic) bond motifs is 1. The van der Waals surface area contributed by atoms with Crippen molar-refractivity contribution in [2.24, 2.45) is 4.99 Å². The van der Waals surface area contributed by atoms with Crippen molar-refractivity contribution in [3.05, 3.63) is 87.7 Å². The lowest BCUT2D eigenvalue weighted by Gasteiger charge is -2.47. The fourth-order valence-electron chi connectivity index (χ4n) is 5.32. The van der Waals surface area contributed by atoms with Crippen molar-refractivity contribution in [1.29, 1.82) is 0 Å². The summed E-state index contributed by atoms with van der Waals surface area (Å²) in [6, 6.07) is 17.6. The molecule has 37 heavy (non-hydrogen) atoms. The van der Waals surface area contributed by atoms with E-state index < -0.39 is 0 Å². The lowest BCUT2D eigenvalue weighted by atomic mass is 9.79. The number of furan rings is 1. The van der Waals surface area contributed by atoms with Crippen LogP contribution in [0.15, 0.2) is 75.2 Å². The van der Waals surface area contributed by atoms with E-state index in [4.69, 9.17) is 21.0 Å². The molecule has 3 heterocycles.